The lowest BCUT2D eigenvalue weighted by Gasteiger charge is -2.09. The van der Waals surface area contributed by atoms with Crippen molar-refractivity contribution in [2.24, 2.45) is 0 Å². The predicted molar refractivity (Wildman–Crippen MR) is 127 cm³/mol. The Kier molecular flexibility index (Phi) is 6.41. The van der Waals surface area contributed by atoms with Crippen molar-refractivity contribution in [3.63, 3.8) is 0 Å². The van der Waals surface area contributed by atoms with Crippen molar-refractivity contribution in [3.05, 3.63) is 96.3 Å². The number of aromatic nitrogens is 2. The fraction of sp³-hybridized carbons (Fsp3) is 0.115. The summed E-state index contributed by atoms with van der Waals surface area (Å²) in [5.74, 6) is 1.28. The van der Waals surface area contributed by atoms with Crippen molar-refractivity contribution in [1.29, 1.82) is 0 Å². The van der Waals surface area contributed by atoms with Crippen molar-refractivity contribution < 1.29 is 9.53 Å². The number of nitrogens with zero attached hydrogens (tertiary/aromatic N) is 2. The van der Waals surface area contributed by atoms with Gasteiger partial charge in [0.25, 0.3) is 5.91 Å². The van der Waals surface area contributed by atoms with Gasteiger partial charge in [-0.1, -0.05) is 23.8 Å². The number of aryl methyl sites for hydroxylation is 1. The maximum atomic E-state index is 12.5. The molecule has 0 aliphatic carbocycles. The van der Waals surface area contributed by atoms with Gasteiger partial charge in [0.05, 0.1) is 12.3 Å². The summed E-state index contributed by atoms with van der Waals surface area (Å²) in [4.78, 5) is 21.2. The molecule has 0 aliphatic heterocycles. The highest BCUT2D eigenvalue weighted by molar-refractivity contribution is 6.04. The summed E-state index contributed by atoms with van der Waals surface area (Å²) in [7, 11) is 0. The lowest BCUT2D eigenvalue weighted by atomic mass is 10.1. The molecule has 1 heterocycles. The number of rotatable bonds is 7. The SMILES string of the molecule is CCOc1ccc(NC(=O)c2ccc(Nc3cc(-c4cccc(C)c4)ncn3)cc2)cc1. The molecule has 160 valence electrons. The van der Waals surface area contributed by atoms with Crippen LogP contribution in [0.2, 0.25) is 0 Å². The number of anilines is 3. The molecule has 6 heteroatoms. The summed E-state index contributed by atoms with van der Waals surface area (Å²) in [6.07, 6.45) is 1.54. The predicted octanol–water partition coefficient (Wildman–Crippen LogP) is 5.85. The highest BCUT2D eigenvalue weighted by Gasteiger charge is 2.07. The first kappa shape index (κ1) is 21.1. The van der Waals surface area contributed by atoms with Crippen LogP contribution in [0.25, 0.3) is 11.3 Å². The molecule has 6 nitrogen and oxygen atoms in total. The van der Waals surface area contributed by atoms with Crippen molar-refractivity contribution in [1.82, 2.24) is 9.97 Å². The average molecular weight is 425 g/mol. The molecule has 4 rings (SSSR count). The van der Waals surface area contributed by atoms with E-state index in [1.807, 2.05) is 61.5 Å². The second kappa shape index (κ2) is 9.75. The summed E-state index contributed by atoms with van der Waals surface area (Å²) in [6, 6.07) is 24.6. The maximum absolute atomic E-state index is 12.5. The zero-order valence-electron chi connectivity index (χ0n) is 18.0. The lowest BCUT2D eigenvalue weighted by Crippen LogP contribution is -2.11. The third kappa shape index (κ3) is 5.29. The van der Waals surface area contributed by atoms with Crippen LogP contribution >= 0.6 is 0 Å². The summed E-state index contributed by atoms with van der Waals surface area (Å²) >= 11 is 0. The normalized spacial score (nSPS) is 10.4. The maximum Gasteiger partial charge on any atom is 0.255 e. The number of hydrogen-bond acceptors (Lipinski definition) is 5. The van der Waals surface area contributed by atoms with Gasteiger partial charge >= 0.3 is 0 Å². The number of benzene rings is 3. The monoisotopic (exact) mass is 424 g/mol. The molecular weight excluding hydrogens is 400 g/mol. The Hall–Kier alpha value is -4.19. The largest absolute Gasteiger partial charge is 0.494 e. The number of ether oxygens (including phenoxy) is 1. The molecule has 4 aromatic rings. The van der Waals surface area contributed by atoms with Crippen LogP contribution in [-0.2, 0) is 0 Å². The molecule has 2 N–H and O–H groups in total. The minimum absolute atomic E-state index is 0.176. The molecule has 0 unspecified atom stereocenters. The van der Waals surface area contributed by atoms with E-state index in [-0.39, 0.29) is 5.91 Å². The lowest BCUT2D eigenvalue weighted by molar-refractivity contribution is 0.102. The summed E-state index contributed by atoms with van der Waals surface area (Å²) in [5.41, 5.74) is 5.17. The van der Waals surface area contributed by atoms with Crippen molar-refractivity contribution in [3.8, 4) is 17.0 Å². The van der Waals surface area contributed by atoms with E-state index in [0.29, 0.717) is 23.7 Å². The zero-order valence-corrected chi connectivity index (χ0v) is 18.0. The van der Waals surface area contributed by atoms with Crippen LogP contribution in [0.5, 0.6) is 5.75 Å². The fourth-order valence-corrected chi connectivity index (χ4v) is 3.25. The summed E-state index contributed by atoms with van der Waals surface area (Å²) in [6.45, 7) is 4.59. The molecular formula is C26H24N4O2. The molecule has 0 saturated heterocycles. The number of nitrogens with one attached hydrogen (secondary N) is 2. The second-order valence-corrected chi connectivity index (χ2v) is 7.27. The Morgan fingerprint density at radius 2 is 1.66 bits per heavy atom. The highest BCUT2D eigenvalue weighted by Crippen LogP contribution is 2.22. The average Bonchev–Trinajstić information content (AvgIpc) is 2.81. The summed E-state index contributed by atoms with van der Waals surface area (Å²) < 4.78 is 5.42. The van der Waals surface area contributed by atoms with E-state index in [9.17, 15) is 4.79 Å². The smallest absolute Gasteiger partial charge is 0.255 e. The highest BCUT2D eigenvalue weighted by atomic mass is 16.5. The molecule has 0 radical (unpaired) electrons. The third-order valence-electron chi connectivity index (χ3n) is 4.82. The van der Waals surface area contributed by atoms with Crippen molar-refractivity contribution in [2.45, 2.75) is 13.8 Å². The standard InChI is InChI=1S/C26H24N4O2/c1-3-32-23-13-11-22(12-14-23)30-26(31)19-7-9-21(10-8-19)29-25-16-24(27-17-28-25)20-6-4-5-18(2)15-20/h4-17H,3H2,1-2H3,(H,30,31)(H,27,28,29). The van der Waals surface area contributed by atoms with Crippen LogP contribution in [0.15, 0.2) is 85.2 Å². The Labute approximate surface area is 187 Å². The second-order valence-electron chi connectivity index (χ2n) is 7.27. The Bertz CT molecular complexity index is 1210. The summed E-state index contributed by atoms with van der Waals surface area (Å²) in [5, 5.41) is 6.16. The number of carbonyl (C=O) groups is 1. The van der Waals surface area contributed by atoms with Gasteiger partial charge in [-0.2, -0.15) is 0 Å². The van der Waals surface area contributed by atoms with Gasteiger partial charge in [0.1, 0.15) is 17.9 Å². The Balaban J connectivity index is 1.41. The molecule has 1 amide bonds. The first-order chi connectivity index (χ1) is 15.6. The van der Waals surface area contributed by atoms with Gasteiger partial charge in [-0.25, -0.2) is 9.97 Å². The van der Waals surface area contributed by atoms with E-state index < -0.39 is 0 Å². The van der Waals surface area contributed by atoms with E-state index in [2.05, 4.69) is 39.7 Å². The van der Waals surface area contributed by atoms with E-state index in [1.54, 1.807) is 18.5 Å². The van der Waals surface area contributed by atoms with E-state index >= 15 is 0 Å². The van der Waals surface area contributed by atoms with Crippen LogP contribution in [0.3, 0.4) is 0 Å². The molecule has 0 bridgehead atoms. The molecule has 0 fully saturated rings. The van der Waals surface area contributed by atoms with Crippen LogP contribution in [0, 0.1) is 6.92 Å². The van der Waals surface area contributed by atoms with Gasteiger partial charge < -0.3 is 15.4 Å². The van der Waals surface area contributed by atoms with Gasteiger partial charge in [-0.15, -0.1) is 0 Å². The molecule has 32 heavy (non-hydrogen) atoms. The van der Waals surface area contributed by atoms with Crippen LogP contribution in [-0.4, -0.2) is 22.5 Å². The fourth-order valence-electron chi connectivity index (χ4n) is 3.25. The van der Waals surface area contributed by atoms with E-state index in [4.69, 9.17) is 4.74 Å². The molecule has 3 aromatic carbocycles. The molecule has 1 aromatic heterocycles. The number of carbonyl (C=O) groups excluding carboxylic acids is 1. The quantitative estimate of drug-likeness (QED) is 0.389. The third-order valence-corrected chi connectivity index (χ3v) is 4.82. The zero-order chi connectivity index (χ0) is 22.3. The van der Waals surface area contributed by atoms with Gasteiger partial charge in [0, 0.05) is 28.6 Å². The van der Waals surface area contributed by atoms with E-state index in [0.717, 1.165) is 22.7 Å². The van der Waals surface area contributed by atoms with Gasteiger partial charge in [0.2, 0.25) is 0 Å². The first-order valence-corrected chi connectivity index (χ1v) is 10.4. The van der Waals surface area contributed by atoms with Crippen LogP contribution in [0.1, 0.15) is 22.8 Å². The van der Waals surface area contributed by atoms with Crippen LogP contribution < -0.4 is 15.4 Å². The van der Waals surface area contributed by atoms with Gasteiger partial charge in [-0.05, 0) is 68.4 Å². The van der Waals surface area contributed by atoms with Crippen molar-refractivity contribution >= 4 is 23.1 Å². The first-order valence-electron chi connectivity index (χ1n) is 10.4. The topological polar surface area (TPSA) is 76.1 Å². The Morgan fingerprint density at radius 3 is 2.38 bits per heavy atom. The number of hydrogen-bond donors (Lipinski definition) is 2. The molecule has 0 saturated carbocycles. The minimum atomic E-state index is -0.176. The van der Waals surface area contributed by atoms with Crippen LogP contribution in [0.4, 0.5) is 17.2 Å². The number of amides is 1. The molecule has 0 aliphatic rings. The molecule has 0 atom stereocenters. The van der Waals surface area contributed by atoms with Gasteiger partial charge in [-0.3, -0.25) is 4.79 Å². The Morgan fingerprint density at radius 1 is 0.906 bits per heavy atom. The minimum Gasteiger partial charge on any atom is -0.494 e. The van der Waals surface area contributed by atoms with E-state index in [1.165, 1.54) is 5.56 Å². The van der Waals surface area contributed by atoms with Crippen molar-refractivity contribution in [2.75, 3.05) is 17.2 Å². The molecule has 0 spiro atoms. The van der Waals surface area contributed by atoms with Gasteiger partial charge in [0.15, 0.2) is 0 Å².